The smallest absolute Gasteiger partial charge is 0.266 e. The van der Waals surface area contributed by atoms with E-state index in [-0.39, 0.29) is 5.91 Å². The van der Waals surface area contributed by atoms with E-state index in [1.165, 1.54) is 11.3 Å². The molecule has 0 aromatic carbocycles. The maximum atomic E-state index is 12.6. The lowest BCUT2D eigenvalue weighted by atomic mass is 10.2. The molecule has 0 spiro atoms. The largest absolute Gasteiger partial charge is 0.368 e. The second kappa shape index (κ2) is 7.01. The first kappa shape index (κ1) is 16.9. The summed E-state index contributed by atoms with van der Waals surface area (Å²) in [6.07, 6.45) is 1.82. The molecule has 0 aliphatic carbocycles. The molecule has 0 bridgehead atoms. The molecule has 0 radical (unpaired) electrons. The first-order valence-electron chi connectivity index (χ1n) is 8.71. The minimum atomic E-state index is -0.146. The van der Waals surface area contributed by atoms with Gasteiger partial charge in [-0.2, -0.15) is 0 Å². The summed E-state index contributed by atoms with van der Waals surface area (Å²) in [6, 6.07) is 7.81. The van der Waals surface area contributed by atoms with Crippen molar-refractivity contribution in [3.63, 3.8) is 0 Å². The standard InChI is InChI=1S/C19H21N5OS/c1-12-9-13(2)22-19-15(12)10-16(26-19)18(25)23-17-4-3-14(11-21-17)24-7-5-20-6-8-24/h3-4,9-11,20H,5-8H2,1-2H3,(H,21,23,25). The molecule has 2 N–H and O–H groups in total. The third-order valence-corrected chi connectivity index (χ3v) is 5.56. The van der Waals surface area contributed by atoms with E-state index in [4.69, 9.17) is 0 Å². The predicted octanol–water partition coefficient (Wildman–Crippen LogP) is 2.97. The minimum absolute atomic E-state index is 0.146. The van der Waals surface area contributed by atoms with Crippen molar-refractivity contribution in [3.8, 4) is 0 Å². The van der Waals surface area contributed by atoms with Gasteiger partial charge < -0.3 is 15.5 Å². The van der Waals surface area contributed by atoms with Gasteiger partial charge in [-0.05, 0) is 43.7 Å². The summed E-state index contributed by atoms with van der Waals surface area (Å²) in [6.45, 7) is 7.92. The maximum Gasteiger partial charge on any atom is 0.266 e. The van der Waals surface area contributed by atoms with Crippen LogP contribution in [0.4, 0.5) is 11.5 Å². The van der Waals surface area contributed by atoms with Crippen LogP contribution in [0.15, 0.2) is 30.5 Å². The van der Waals surface area contributed by atoms with Gasteiger partial charge >= 0.3 is 0 Å². The second-order valence-corrected chi connectivity index (χ2v) is 7.53. The molecule has 4 heterocycles. The molecule has 7 heteroatoms. The lowest BCUT2D eigenvalue weighted by molar-refractivity contribution is 0.103. The minimum Gasteiger partial charge on any atom is -0.368 e. The Bertz CT molecular complexity index is 944. The van der Waals surface area contributed by atoms with Crippen LogP contribution >= 0.6 is 11.3 Å². The topological polar surface area (TPSA) is 70.2 Å². The van der Waals surface area contributed by atoms with Crippen molar-refractivity contribution < 1.29 is 4.79 Å². The fraction of sp³-hybridized carbons (Fsp3) is 0.316. The number of fused-ring (bicyclic) bond motifs is 1. The Morgan fingerprint density at radius 1 is 1.23 bits per heavy atom. The van der Waals surface area contributed by atoms with Crippen LogP contribution in [0.1, 0.15) is 20.9 Å². The number of anilines is 2. The number of thiophene rings is 1. The van der Waals surface area contributed by atoms with Gasteiger partial charge in [0.05, 0.1) is 16.8 Å². The van der Waals surface area contributed by atoms with Crippen molar-refractivity contribution >= 4 is 39.0 Å². The second-order valence-electron chi connectivity index (χ2n) is 6.50. The number of hydrogen-bond acceptors (Lipinski definition) is 6. The van der Waals surface area contributed by atoms with Crippen molar-refractivity contribution in [1.82, 2.24) is 15.3 Å². The number of aryl methyl sites for hydroxylation is 2. The zero-order chi connectivity index (χ0) is 18.1. The van der Waals surface area contributed by atoms with Crippen LogP contribution in [-0.2, 0) is 0 Å². The zero-order valence-corrected chi connectivity index (χ0v) is 15.7. The number of piperazine rings is 1. The average Bonchev–Trinajstić information content (AvgIpc) is 3.08. The highest BCUT2D eigenvalue weighted by Crippen LogP contribution is 2.28. The van der Waals surface area contributed by atoms with Gasteiger partial charge in [0.2, 0.25) is 0 Å². The highest BCUT2D eigenvalue weighted by atomic mass is 32.1. The zero-order valence-electron chi connectivity index (χ0n) is 14.9. The van der Waals surface area contributed by atoms with Crippen LogP contribution in [0.3, 0.4) is 0 Å². The third kappa shape index (κ3) is 3.40. The van der Waals surface area contributed by atoms with Gasteiger partial charge in [-0.25, -0.2) is 9.97 Å². The van der Waals surface area contributed by atoms with E-state index in [0.29, 0.717) is 10.7 Å². The van der Waals surface area contributed by atoms with E-state index in [0.717, 1.165) is 53.3 Å². The van der Waals surface area contributed by atoms with Crippen molar-refractivity contribution in [2.45, 2.75) is 13.8 Å². The van der Waals surface area contributed by atoms with E-state index < -0.39 is 0 Å². The van der Waals surface area contributed by atoms with Gasteiger partial charge in [-0.15, -0.1) is 11.3 Å². The molecule has 6 nitrogen and oxygen atoms in total. The maximum absolute atomic E-state index is 12.6. The molecule has 3 aromatic heterocycles. The number of amides is 1. The summed E-state index contributed by atoms with van der Waals surface area (Å²) in [5.74, 6) is 0.416. The van der Waals surface area contributed by atoms with Gasteiger partial charge in [0.25, 0.3) is 5.91 Å². The summed E-state index contributed by atoms with van der Waals surface area (Å²) in [4.78, 5) is 25.3. The number of nitrogens with one attached hydrogen (secondary N) is 2. The van der Waals surface area contributed by atoms with E-state index >= 15 is 0 Å². The molecular weight excluding hydrogens is 346 g/mol. The van der Waals surface area contributed by atoms with Crippen LogP contribution in [0, 0.1) is 13.8 Å². The molecular formula is C19H21N5OS. The highest BCUT2D eigenvalue weighted by molar-refractivity contribution is 7.20. The van der Waals surface area contributed by atoms with E-state index in [1.807, 2.05) is 44.3 Å². The lowest BCUT2D eigenvalue weighted by Crippen LogP contribution is -2.43. The number of aromatic nitrogens is 2. The molecule has 1 fully saturated rings. The monoisotopic (exact) mass is 367 g/mol. The molecule has 1 amide bonds. The molecule has 134 valence electrons. The number of rotatable bonds is 3. The van der Waals surface area contributed by atoms with Gasteiger partial charge in [0, 0.05) is 37.3 Å². The summed E-state index contributed by atoms with van der Waals surface area (Å²) in [5.41, 5.74) is 3.19. The molecule has 0 unspecified atom stereocenters. The molecule has 1 saturated heterocycles. The Morgan fingerprint density at radius 3 is 2.77 bits per heavy atom. The molecule has 1 aliphatic rings. The summed E-state index contributed by atoms with van der Waals surface area (Å²) in [7, 11) is 0. The van der Waals surface area contributed by atoms with Gasteiger partial charge in [-0.1, -0.05) is 0 Å². The normalized spacial score (nSPS) is 14.6. The first-order valence-corrected chi connectivity index (χ1v) is 9.53. The molecule has 3 aromatic rings. The summed E-state index contributed by atoms with van der Waals surface area (Å²) in [5, 5.41) is 7.26. The quantitative estimate of drug-likeness (QED) is 0.745. The van der Waals surface area contributed by atoms with Crippen LogP contribution in [0.25, 0.3) is 10.2 Å². The Labute approximate surface area is 156 Å². The number of carbonyl (C=O) groups excluding carboxylic acids is 1. The molecule has 26 heavy (non-hydrogen) atoms. The Morgan fingerprint density at radius 2 is 2.04 bits per heavy atom. The van der Waals surface area contributed by atoms with Crippen molar-refractivity contribution in [1.29, 1.82) is 0 Å². The Kier molecular flexibility index (Phi) is 4.57. The summed E-state index contributed by atoms with van der Waals surface area (Å²) >= 11 is 1.41. The van der Waals surface area contributed by atoms with Gasteiger partial charge in [0.15, 0.2) is 0 Å². The average molecular weight is 367 g/mol. The SMILES string of the molecule is Cc1cc(C)c2cc(C(=O)Nc3ccc(N4CCNCC4)cn3)sc2n1. The third-order valence-electron chi connectivity index (χ3n) is 4.54. The van der Waals surface area contributed by atoms with Crippen LogP contribution in [0.5, 0.6) is 0 Å². The van der Waals surface area contributed by atoms with E-state index in [2.05, 4.69) is 25.5 Å². The fourth-order valence-corrected chi connectivity index (χ4v) is 4.24. The fourth-order valence-electron chi connectivity index (χ4n) is 3.19. The van der Waals surface area contributed by atoms with Crippen molar-refractivity contribution in [3.05, 3.63) is 46.6 Å². The molecule has 1 aliphatic heterocycles. The number of hydrogen-bond donors (Lipinski definition) is 2. The van der Waals surface area contributed by atoms with Gasteiger partial charge in [-0.3, -0.25) is 4.79 Å². The first-order chi connectivity index (χ1) is 12.6. The van der Waals surface area contributed by atoms with Crippen molar-refractivity contribution in [2.75, 3.05) is 36.4 Å². The van der Waals surface area contributed by atoms with E-state index in [1.54, 1.807) is 0 Å². The highest BCUT2D eigenvalue weighted by Gasteiger charge is 2.14. The lowest BCUT2D eigenvalue weighted by Gasteiger charge is -2.29. The molecule has 4 rings (SSSR count). The van der Waals surface area contributed by atoms with Crippen molar-refractivity contribution in [2.24, 2.45) is 0 Å². The molecule has 0 atom stereocenters. The van der Waals surface area contributed by atoms with Crippen LogP contribution in [0.2, 0.25) is 0 Å². The number of carbonyl (C=O) groups is 1. The molecule has 0 saturated carbocycles. The van der Waals surface area contributed by atoms with Crippen LogP contribution < -0.4 is 15.5 Å². The predicted molar refractivity (Wildman–Crippen MR) is 106 cm³/mol. The van der Waals surface area contributed by atoms with Crippen LogP contribution in [-0.4, -0.2) is 42.1 Å². The summed E-state index contributed by atoms with van der Waals surface area (Å²) < 4.78 is 0. The Balaban J connectivity index is 1.50. The Hall–Kier alpha value is -2.51. The number of nitrogens with zero attached hydrogens (tertiary/aromatic N) is 3. The van der Waals surface area contributed by atoms with E-state index in [9.17, 15) is 4.79 Å². The van der Waals surface area contributed by atoms with Gasteiger partial charge in [0.1, 0.15) is 10.6 Å². The number of pyridine rings is 2.